The number of aryl methyl sites for hydroxylation is 1. The smallest absolute Gasteiger partial charge is 0.289 e. The van der Waals surface area contributed by atoms with Crippen LogP contribution in [0.3, 0.4) is 0 Å². The third-order valence-electron chi connectivity index (χ3n) is 4.66. The largest absolute Gasteiger partial charge is 0.459 e. The minimum atomic E-state index is -0.313. The predicted octanol–water partition coefficient (Wildman–Crippen LogP) is 3.80. The lowest BCUT2D eigenvalue weighted by Crippen LogP contribution is -2.39. The van der Waals surface area contributed by atoms with Crippen molar-refractivity contribution in [3.05, 3.63) is 59.6 Å². The average molecular weight is 355 g/mol. The van der Waals surface area contributed by atoms with Crippen LogP contribution in [0.4, 0.5) is 4.39 Å². The first-order chi connectivity index (χ1) is 12.6. The molecule has 1 aliphatic heterocycles. The predicted molar refractivity (Wildman–Crippen MR) is 91.0 cm³/mol. The van der Waals surface area contributed by atoms with Crippen LogP contribution in [-0.4, -0.2) is 34.0 Å². The van der Waals surface area contributed by atoms with E-state index in [4.69, 9.17) is 8.94 Å². The summed E-state index contributed by atoms with van der Waals surface area (Å²) < 4.78 is 23.8. The van der Waals surface area contributed by atoms with Gasteiger partial charge in [-0.2, -0.15) is 4.98 Å². The van der Waals surface area contributed by atoms with Crippen LogP contribution in [0.25, 0.3) is 11.4 Å². The fourth-order valence-corrected chi connectivity index (χ4v) is 3.22. The molecular formula is C19H18FN3O3. The highest BCUT2D eigenvalue weighted by atomic mass is 19.1. The Balaban J connectivity index is 1.51. The molecule has 26 heavy (non-hydrogen) atoms. The van der Waals surface area contributed by atoms with Crippen LogP contribution < -0.4 is 0 Å². The molecule has 0 bridgehead atoms. The molecule has 0 spiro atoms. The van der Waals surface area contributed by atoms with Crippen molar-refractivity contribution in [2.75, 3.05) is 13.1 Å². The standard InChI is InChI=1S/C19H18FN3O3/c1-12-8-10-25-16(12)19(24)23-9-2-3-14(11-23)18-21-17(22-26-18)13-4-6-15(20)7-5-13/h4-8,10,14H,2-3,9,11H2,1H3/t14-/m0/s1. The Bertz CT molecular complexity index is 916. The Morgan fingerprint density at radius 2 is 2.08 bits per heavy atom. The van der Waals surface area contributed by atoms with E-state index in [1.54, 1.807) is 23.1 Å². The molecule has 0 N–H and O–H groups in total. The van der Waals surface area contributed by atoms with Crippen LogP contribution in [0.15, 0.2) is 45.5 Å². The van der Waals surface area contributed by atoms with Gasteiger partial charge in [0.1, 0.15) is 5.82 Å². The van der Waals surface area contributed by atoms with E-state index in [1.165, 1.54) is 18.4 Å². The van der Waals surface area contributed by atoms with Gasteiger partial charge in [-0.05, 0) is 50.1 Å². The van der Waals surface area contributed by atoms with Gasteiger partial charge in [0.05, 0.1) is 12.2 Å². The van der Waals surface area contributed by atoms with Gasteiger partial charge in [0.25, 0.3) is 5.91 Å². The number of nitrogens with zero attached hydrogens (tertiary/aromatic N) is 3. The van der Waals surface area contributed by atoms with Crippen molar-refractivity contribution >= 4 is 5.91 Å². The minimum Gasteiger partial charge on any atom is -0.459 e. The molecule has 6 nitrogen and oxygen atoms in total. The van der Waals surface area contributed by atoms with Gasteiger partial charge >= 0.3 is 0 Å². The number of halogens is 1. The molecular weight excluding hydrogens is 337 g/mol. The number of rotatable bonds is 3. The van der Waals surface area contributed by atoms with Gasteiger partial charge in [-0.15, -0.1) is 0 Å². The number of benzene rings is 1. The topological polar surface area (TPSA) is 72.4 Å². The molecule has 3 aromatic rings. The summed E-state index contributed by atoms with van der Waals surface area (Å²) in [5.41, 5.74) is 1.52. The Hall–Kier alpha value is -2.96. The SMILES string of the molecule is Cc1ccoc1C(=O)N1CCC[C@H](c2nc(-c3ccc(F)cc3)no2)C1. The zero-order valence-corrected chi connectivity index (χ0v) is 14.3. The van der Waals surface area contributed by atoms with Gasteiger partial charge in [0.15, 0.2) is 5.76 Å². The first-order valence-electron chi connectivity index (χ1n) is 8.55. The monoisotopic (exact) mass is 355 g/mol. The third kappa shape index (κ3) is 3.12. The molecule has 0 unspecified atom stereocenters. The van der Waals surface area contributed by atoms with Crippen molar-refractivity contribution in [3.63, 3.8) is 0 Å². The molecule has 2 aromatic heterocycles. The van der Waals surface area contributed by atoms with Crippen molar-refractivity contribution in [3.8, 4) is 11.4 Å². The van der Waals surface area contributed by atoms with Crippen LogP contribution in [0.2, 0.25) is 0 Å². The molecule has 1 aliphatic rings. The lowest BCUT2D eigenvalue weighted by Gasteiger charge is -2.30. The fourth-order valence-electron chi connectivity index (χ4n) is 3.22. The Labute approximate surface area is 149 Å². The summed E-state index contributed by atoms with van der Waals surface area (Å²) in [4.78, 5) is 18.9. The molecule has 0 saturated carbocycles. The maximum atomic E-state index is 13.1. The summed E-state index contributed by atoms with van der Waals surface area (Å²) in [7, 11) is 0. The molecule has 4 rings (SSSR count). The average Bonchev–Trinajstić information content (AvgIpc) is 3.31. The lowest BCUT2D eigenvalue weighted by atomic mass is 9.97. The van der Waals surface area contributed by atoms with E-state index in [2.05, 4.69) is 10.1 Å². The lowest BCUT2D eigenvalue weighted by molar-refractivity contribution is 0.0662. The van der Waals surface area contributed by atoms with E-state index in [0.717, 1.165) is 18.4 Å². The molecule has 7 heteroatoms. The number of likely N-dealkylation sites (tertiary alicyclic amines) is 1. The van der Waals surface area contributed by atoms with Crippen LogP contribution in [0.1, 0.15) is 40.8 Å². The molecule has 1 atom stereocenters. The first kappa shape index (κ1) is 16.5. The third-order valence-corrected chi connectivity index (χ3v) is 4.66. The number of hydrogen-bond acceptors (Lipinski definition) is 5. The minimum absolute atomic E-state index is 0.0235. The highest BCUT2D eigenvalue weighted by Gasteiger charge is 2.30. The summed E-state index contributed by atoms with van der Waals surface area (Å²) in [5.74, 6) is 0.846. The van der Waals surface area contributed by atoms with Gasteiger partial charge in [-0.3, -0.25) is 4.79 Å². The summed E-state index contributed by atoms with van der Waals surface area (Å²) in [6.45, 7) is 3.03. The number of carbonyl (C=O) groups is 1. The van der Waals surface area contributed by atoms with Gasteiger partial charge in [0.2, 0.25) is 11.7 Å². The molecule has 0 radical (unpaired) electrons. The summed E-state index contributed by atoms with van der Waals surface area (Å²) >= 11 is 0. The molecule has 1 saturated heterocycles. The number of aromatic nitrogens is 2. The van der Waals surface area contributed by atoms with E-state index in [-0.39, 0.29) is 17.6 Å². The zero-order valence-electron chi connectivity index (χ0n) is 14.3. The summed E-state index contributed by atoms with van der Waals surface area (Å²) in [6, 6.07) is 7.72. The van der Waals surface area contributed by atoms with Crippen LogP contribution in [-0.2, 0) is 0 Å². The van der Waals surface area contributed by atoms with Crippen molar-refractivity contribution in [1.82, 2.24) is 15.0 Å². The van der Waals surface area contributed by atoms with Crippen molar-refractivity contribution < 1.29 is 18.1 Å². The van der Waals surface area contributed by atoms with Crippen LogP contribution >= 0.6 is 0 Å². The summed E-state index contributed by atoms with van der Waals surface area (Å²) in [6.07, 6.45) is 3.24. The molecule has 134 valence electrons. The highest BCUT2D eigenvalue weighted by Crippen LogP contribution is 2.28. The maximum absolute atomic E-state index is 13.1. The Morgan fingerprint density at radius 3 is 2.81 bits per heavy atom. The number of furan rings is 1. The fraction of sp³-hybridized carbons (Fsp3) is 0.316. The van der Waals surface area contributed by atoms with Gasteiger partial charge in [0, 0.05) is 24.2 Å². The second-order valence-electron chi connectivity index (χ2n) is 6.49. The Kier molecular flexibility index (Phi) is 4.28. The molecule has 1 amide bonds. The second kappa shape index (κ2) is 6.74. The summed E-state index contributed by atoms with van der Waals surface area (Å²) in [5, 5.41) is 3.99. The van der Waals surface area contributed by atoms with Crippen molar-refractivity contribution in [2.45, 2.75) is 25.7 Å². The zero-order chi connectivity index (χ0) is 18.1. The van der Waals surface area contributed by atoms with E-state index in [9.17, 15) is 9.18 Å². The van der Waals surface area contributed by atoms with Crippen molar-refractivity contribution in [2.24, 2.45) is 0 Å². The van der Waals surface area contributed by atoms with Crippen molar-refractivity contribution in [1.29, 1.82) is 0 Å². The van der Waals surface area contributed by atoms with E-state index in [0.29, 0.717) is 36.1 Å². The number of carbonyl (C=O) groups excluding carboxylic acids is 1. The number of piperidine rings is 1. The normalized spacial score (nSPS) is 17.5. The van der Waals surface area contributed by atoms with Gasteiger partial charge in [-0.25, -0.2) is 4.39 Å². The van der Waals surface area contributed by atoms with E-state index >= 15 is 0 Å². The second-order valence-corrected chi connectivity index (χ2v) is 6.49. The quantitative estimate of drug-likeness (QED) is 0.715. The highest BCUT2D eigenvalue weighted by molar-refractivity contribution is 5.92. The molecule has 1 fully saturated rings. The van der Waals surface area contributed by atoms with Crippen LogP contribution in [0.5, 0.6) is 0 Å². The molecule has 1 aromatic carbocycles. The maximum Gasteiger partial charge on any atom is 0.289 e. The number of hydrogen-bond donors (Lipinski definition) is 0. The molecule has 3 heterocycles. The first-order valence-corrected chi connectivity index (χ1v) is 8.55. The van der Waals surface area contributed by atoms with Gasteiger partial charge < -0.3 is 13.8 Å². The van der Waals surface area contributed by atoms with E-state index < -0.39 is 0 Å². The molecule has 0 aliphatic carbocycles. The van der Waals surface area contributed by atoms with Crippen LogP contribution in [0, 0.1) is 12.7 Å². The van der Waals surface area contributed by atoms with Gasteiger partial charge in [-0.1, -0.05) is 5.16 Å². The number of amides is 1. The Morgan fingerprint density at radius 1 is 1.27 bits per heavy atom. The van der Waals surface area contributed by atoms with E-state index in [1.807, 2.05) is 6.92 Å².